The number of esters is 3. The molecule has 2 aliphatic heterocycles. The summed E-state index contributed by atoms with van der Waals surface area (Å²) < 4.78 is 46.8. The topological polar surface area (TPSA) is 155 Å². The van der Waals surface area contributed by atoms with Gasteiger partial charge in [-0.05, 0) is 19.1 Å². The Kier molecular flexibility index (Phi) is 6.53. The number of aryl methyl sites for hydroxylation is 1. The van der Waals surface area contributed by atoms with Gasteiger partial charge in [0.05, 0.1) is 4.90 Å². The maximum Gasteiger partial charge on any atom is 0.303 e. The van der Waals surface area contributed by atoms with Crippen LogP contribution < -0.4 is 4.83 Å². The van der Waals surface area contributed by atoms with E-state index in [1.165, 1.54) is 12.1 Å². The summed E-state index contributed by atoms with van der Waals surface area (Å²) in [6.45, 7) is 4.98. The van der Waals surface area contributed by atoms with Crippen molar-refractivity contribution in [1.82, 2.24) is 9.84 Å². The number of ether oxygens (including phenoxy) is 4. The van der Waals surface area contributed by atoms with Crippen LogP contribution >= 0.6 is 0 Å². The van der Waals surface area contributed by atoms with Crippen LogP contribution in [-0.2, 0) is 48.1 Å². The molecule has 13 heteroatoms. The lowest BCUT2D eigenvalue weighted by molar-refractivity contribution is -0.239. The number of fused-ring (bicyclic) bond motifs is 2. The molecule has 174 valence electrons. The summed E-state index contributed by atoms with van der Waals surface area (Å²) in [4.78, 5) is 50.0. The summed E-state index contributed by atoms with van der Waals surface area (Å²) in [6.07, 6.45) is -7.35. The number of hydrogen-bond donors (Lipinski definition) is 1. The molecule has 3 rings (SSSR count). The van der Waals surface area contributed by atoms with Crippen molar-refractivity contribution in [1.29, 1.82) is 0 Å². The minimum absolute atomic E-state index is 0.130. The van der Waals surface area contributed by atoms with E-state index in [0.717, 1.165) is 26.3 Å². The van der Waals surface area contributed by atoms with E-state index >= 15 is 0 Å². The zero-order chi connectivity index (χ0) is 23.8. The summed E-state index contributed by atoms with van der Waals surface area (Å²) in [6, 6.07) is 5.84. The molecule has 1 amide bonds. The van der Waals surface area contributed by atoms with Crippen molar-refractivity contribution in [3.63, 3.8) is 0 Å². The third-order valence-electron chi connectivity index (χ3n) is 4.70. The number of carbonyl (C=O) groups excluding carboxylic acids is 4. The van der Waals surface area contributed by atoms with Crippen molar-refractivity contribution < 1.29 is 46.5 Å². The van der Waals surface area contributed by atoms with Crippen molar-refractivity contribution in [3.8, 4) is 0 Å². The maximum absolute atomic E-state index is 13.0. The molecule has 2 bridgehead atoms. The third-order valence-corrected chi connectivity index (χ3v) is 6.03. The molecule has 0 radical (unpaired) electrons. The molecule has 1 N–H and O–H groups in total. The third kappa shape index (κ3) is 4.74. The van der Waals surface area contributed by atoms with Gasteiger partial charge in [0.15, 0.2) is 30.6 Å². The van der Waals surface area contributed by atoms with Gasteiger partial charge in [-0.25, -0.2) is 13.4 Å². The summed E-state index contributed by atoms with van der Waals surface area (Å²) in [5, 5.41) is 0.632. The molecule has 2 fully saturated rings. The van der Waals surface area contributed by atoms with Gasteiger partial charge in [0.25, 0.3) is 15.9 Å². The molecule has 12 nitrogen and oxygen atoms in total. The highest BCUT2D eigenvalue weighted by molar-refractivity contribution is 7.89. The molecule has 32 heavy (non-hydrogen) atoms. The standard InChI is InChI=1S/C19H22N2O10S/c1-9-5-7-13(8-6-9)32(26,27)20-21-18(25)16-14(28-10(2)22)15(29-11(3)23)17(19(21)31-16)30-12(4)24/h5-8,14-17,19-20H,1-4H3/t14-,15-,16-,17+,19+/m0/s1. The number of hydrazine groups is 1. The largest absolute Gasteiger partial charge is 0.455 e. The lowest BCUT2D eigenvalue weighted by Crippen LogP contribution is -2.60. The molecule has 0 spiro atoms. The lowest BCUT2D eigenvalue weighted by atomic mass is 10.00. The molecule has 5 atom stereocenters. The molecule has 0 aromatic heterocycles. The first kappa shape index (κ1) is 23.6. The van der Waals surface area contributed by atoms with Gasteiger partial charge in [-0.3, -0.25) is 19.2 Å². The lowest BCUT2D eigenvalue weighted by Gasteiger charge is -2.39. The number of sulfonamides is 1. The monoisotopic (exact) mass is 470 g/mol. The molecule has 0 unspecified atom stereocenters. The van der Waals surface area contributed by atoms with E-state index in [9.17, 15) is 27.6 Å². The number of benzene rings is 1. The first-order valence-corrected chi connectivity index (χ1v) is 11.0. The van der Waals surface area contributed by atoms with E-state index in [0.29, 0.717) is 5.01 Å². The Bertz CT molecular complexity index is 1040. The first-order valence-electron chi connectivity index (χ1n) is 9.50. The zero-order valence-corrected chi connectivity index (χ0v) is 18.5. The van der Waals surface area contributed by atoms with E-state index in [2.05, 4.69) is 4.83 Å². The molecule has 2 heterocycles. The average Bonchev–Trinajstić information content (AvgIpc) is 2.95. The van der Waals surface area contributed by atoms with E-state index in [1.54, 1.807) is 19.1 Å². The fourth-order valence-electron chi connectivity index (χ4n) is 3.46. The molecule has 1 aromatic rings. The highest BCUT2D eigenvalue weighted by Crippen LogP contribution is 2.36. The minimum Gasteiger partial charge on any atom is -0.455 e. The van der Waals surface area contributed by atoms with Crippen molar-refractivity contribution in [2.45, 2.75) is 63.2 Å². The van der Waals surface area contributed by atoms with Crippen LogP contribution in [-0.4, -0.2) is 67.9 Å². The summed E-state index contributed by atoms with van der Waals surface area (Å²) in [7, 11) is -4.25. The van der Waals surface area contributed by atoms with E-state index < -0.39 is 64.5 Å². The predicted octanol–water partition coefficient (Wildman–Crippen LogP) is -0.449. The van der Waals surface area contributed by atoms with Gasteiger partial charge in [0, 0.05) is 20.8 Å². The van der Waals surface area contributed by atoms with Crippen LogP contribution in [0.5, 0.6) is 0 Å². The molecule has 1 aromatic carbocycles. The Morgan fingerprint density at radius 2 is 1.41 bits per heavy atom. The molecule has 2 saturated heterocycles. The Hall–Kier alpha value is -3.03. The van der Waals surface area contributed by atoms with Crippen molar-refractivity contribution in [2.75, 3.05) is 0 Å². The van der Waals surface area contributed by atoms with Crippen molar-refractivity contribution in [2.24, 2.45) is 0 Å². The summed E-state index contributed by atoms with van der Waals surface area (Å²) in [5.41, 5.74) is 0.823. The quantitative estimate of drug-likeness (QED) is 0.427. The van der Waals surface area contributed by atoms with Gasteiger partial charge in [0.2, 0.25) is 0 Å². The van der Waals surface area contributed by atoms with Gasteiger partial charge in [-0.15, -0.1) is 4.83 Å². The molecule has 0 saturated carbocycles. The van der Waals surface area contributed by atoms with Crippen LogP contribution in [0.3, 0.4) is 0 Å². The Morgan fingerprint density at radius 1 is 0.906 bits per heavy atom. The second kappa shape index (κ2) is 8.84. The molecular weight excluding hydrogens is 448 g/mol. The average molecular weight is 470 g/mol. The maximum atomic E-state index is 13.0. The van der Waals surface area contributed by atoms with Crippen LogP contribution in [0.4, 0.5) is 0 Å². The Morgan fingerprint density at radius 3 is 1.94 bits per heavy atom. The Balaban J connectivity index is 2.00. The second-order valence-corrected chi connectivity index (χ2v) is 8.95. The van der Waals surface area contributed by atoms with Crippen LogP contribution in [0.2, 0.25) is 0 Å². The van der Waals surface area contributed by atoms with Gasteiger partial charge in [-0.2, -0.15) is 0 Å². The van der Waals surface area contributed by atoms with Crippen LogP contribution in [0.1, 0.15) is 26.3 Å². The predicted molar refractivity (Wildman–Crippen MR) is 104 cm³/mol. The number of hydrogen-bond acceptors (Lipinski definition) is 10. The van der Waals surface area contributed by atoms with Gasteiger partial charge in [0.1, 0.15) is 0 Å². The fourth-order valence-corrected chi connectivity index (χ4v) is 4.51. The van der Waals surface area contributed by atoms with Gasteiger partial charge in [-0.1, -0.05) is 17.7 Å². The van der Waals surface area contributed by atoms with Gasteiger partial charge >= 0.3 is 17.9 Å². The first-order chi connectivity index (χ1) is 14.9. The molecule has 2 aliphatic rings. The molecular formula is C19H22N2O10S. The van der Waals surface area contributed by atoms with E-state index in [4.69, 9.17) is 18.9 Å². The normalized spacial score (nSPS) is 27.1. The summed E-state index contributed by atoms with van der Waals surface area (Å²) in [5.74, 6) is -3.35. The molecule has 0 aliphatic carbocycles. The number of nitrogens with zero attached hydrogens (tertiary/aromatic N) is 1. The van der Waals surface area contributed by atoms with E-state index in [-0.39, 0.29) is 4.90 Å². The Labute approximate surface area is 183 Å². The van der Waals surface area contributed by atoms with Crippen LogP contribution in [0.15, 0.2) is 29.2 Å². The van der Waals surface area contributed by atoms with Crippen molar-refractivity contribution in [3.05, 3.63) is 29.8 Å². The van der Waals surface area contributed by atoms with Crippen LogP contribution in [0, 0.1) is 6.92 Å². The van der Waals surface area contributed by atoms with Crippen LogP contribution in [0.25, 0.3) is 0 Å². The second-order valence-electron chi connectivity index (χ2n) is 7.29. The minimum atomic E-state index is -4.25. The number of carbonyl (C=O) groups is 4. The zero-order valence-electron chi connectivity index (χ0n) is 17.6. The SMILES string of the molecule is CC(=O)O[C@@H]1[C@@H](OC(C)=O)[C@H]2O[C@H](C(=O)N2NS(=O)(=O)c2ccc(C)cc2)[C@H]1OC(C)=O. The highest BCUT2D eigenvalue weighted by atomic mass is 32.2. The number of nitrogens with one attached hydrogen (secondary N) is 1. The summed E-state index contributed by atoms with van der Waals surface area (Å²) >= 11 is 0. The van der Waals surface area contributed by atoms with Gasteiger partial charge < -0.3 is 18.9 Å². The van der Waals surface area contributed by atoms with Crippen molar-refractivity contribution >= 4 is 33.8 Å². The number of rotatable bonds is 6. The smallest absolute Gasteiger partial charge is 0.303 e. The highest BCUT2D eigenvalue weighted by Gasteiger charge is 2.63. The number of amides is 1. The van der Waals surface area contributed by atoms with E-state index in [1.807, 2.05) is 0 Å². The fraction of sp³-hybridized carbons (Fsp3) is 0.474.